The van der Waals surface area contributed by atoms with Gasteiger partial charge in [-0.15, -0.1) is 0 Å². The van der Waals surface area contributed by atoms with Crippen LogP contribution in [0.25, 0.3) is 0 Å². The Morgan fingerprint density at radius 3 is 2.53 bits per heavy atom. The normalized spacial score (nSPS) is 23.6. The van der Waals surface area contributed by atoms with E-state index in [0.717, 1.165) is 10.0 Å². The van der Waals surface area contributed by atoms with Crippen molar-refractivity contribution in [2.45, 2.75) is 38.6 Å². The second kappa shape index (κ2) is 6.67. The molecule has 0 heterocycles. The van der Waals surface area contributed by atoms with Crippen LogP contribution >= 0.6 is 15.9 Å². The number of ketones is 1. The van der Waals surface area contributed by atoms with E-state index in [1.165, 1.54) is 25.7 Å². The van der Waals surface area contributed by atoms with Crippen molar-refractivity contribution in [2.24, 2.45) is 5.92 Å². The molecule has 1 aliphatic carbocycles. The van der Waals surface area contributed by atoms with Gasteiger partial charge in [-0.05, 0) is 37.9 Å². The zero-order chi connectivity index (χ0) is 13.8. The summed E-state index contributed by atoms with van der Waals surface area (Å²) < 4.78 is 1.01. The van der Waals surface area contributed by atoms with E-state index in [4.69, 9.17) is 0 Å². The Bertz CT molecular complexity index is 429. The molecule has 2 nitrogen and oxygen atoms in total. The maximum absolute atomic E-state index is 12.3. The number of hydrogen-bond donors (Lipinski definition) is 0. The first-order valence-corrected chi connectivity index (χ1v) is 7.86. The first kappa shape index (κ1) is 14.7. The van der Waals surface area contributed by atoms with E-state index in [0.29, 0.717) is 18.5 Å². The van der Waals surface area contributed by atoms with E-state index in [9.17, 15) is 4.79 Å². The van der Waals surface area contributed by atoms with Crippen LogP contribution in [-0.4, -0.2) is 30.3 Å². The summed E-state index contributed by atoms with van der Waals surface area (Å²) in [5.74, 6) is 0.921. The monoisotopic (exact) mass is 323 g/mol. The zero-order valence-corrected chi connectivity index (χ0v) is 13.3. The Kier molecular flexibility index (Phi) is 5.17. The number of carbonyl (C=O) groups is 1. The van der Waals surface area contributed by atoms with E-state index in [1.807, 2.05) is 24.3 Å². The van der Waals surface area contributed by atoms with E-state index >= 15 is 0 Å². The molecule has 0 bridgehead atoms. The first-order valence-electron chi connectivity index (χ1n) is 7.07. The summed E-state index contributed by atoms with van der Waals surface area (Å²) in [5, 5.41) is 0. The summed E-state index contributed by atoms with van der Waals surface area (Å²) in [5.41, 5.74) is 0.804. The van der Waals surface area contributed by atoms with Crippen LogP contribution in [-0.2, 0) is 0 Å². The maximum atomic E-state index is 12.3. The highest BCUT2D eigenvalue weighted by Crippen LogP contribution is 2.27. The summed E-state index contributed by atoms with van der Waals surface area (Å²) in [7, 11) is 2.09. The second-order valence-corrected chi connectivity index (χ2v) is 6.59. The molecule has 1 fully saturated rings. The molecule has 0 saturated heterocycles. The highest BCUT2D eigenvalue weighted by molar-refractivity contribution is 9.10. The minimum atomic E-state index is 0.216. The summed E-state index contributed by atoms with van der Waals surface area (Å²) >= 11 is 3.39. The van der Waals surface area contributed by atoms with Gasteiger partial charge in [0.05, 0.1) is 6.54 Å². The van der Waals surface area contributed by atoms with E-state index in [-0.39, 0.29) is 5.78 Å². The van der Waals surface area contributed by atoms with Crippen molar-refractivity contribution in [1.29, 1.82) is 0 Å². The largest absolute Gasteiger partial charge is 0.296 e. The summed E-state index contributed by atoms with van der Waals surface area (Å²) in [4.78, 5) is 14.5. The number of nitrogens with zero attached hydrogens (tertiary/aromatic N) is 1. The SMILES string of the molecule is CC1CCCCC1N(C)CC(=O)c1ccc(Br)cc1. The van der Waals surface area contributed by atoms with Gasteiger partial charge in [0, 0.05) is 16.1 Å². The molecule has 19 heavy (non-hydrogen) atoms. The van der Waals surface area contributed by atoms with Gasteiger partial charge in [-0.2, -0.15) is 0 Å². The lowest BCUT2D eigenvalue weighted by molar-refractivity contribution is 0.0851. The highest BCUT2D eigenvalue weighted by atomic mass is 79.9. The Balaban J connectivity index is 1.96. The molecule has 104 valence electrons. The van der Waals surface area contributed by atoms with Gasteiger partial charge in [0.2, 0.25) is 0 Å². The lowest BCUT2D eigenvalue weighted by atomic mass is 9.85. The first-order chi connectivity index (χ1) is 9.08. The van der Waals surface area contributed by atoms with Gasteiger partial charge in [0.25, 0.3) is 0 Å². The molecular weight excluding hydrogens is 302 g/mol. The molecule has 1 aliphatic rings. The van der Waals surface area contributed by atoms with Gasteiger partial charge in [-0.1, -0.05) is 47.8 Å². The molecule has 0 spiro atoms. The van der Waals surface area contributed by atoms with Crippen molar-refractivity contribution in [2.75, 3.05) is 13.6 Å². The molecule has 2 unspecified atom stereocenters. The highest BCUT2D eigenvalue weighted by Gasteiger charge is 2.26. The number of carbonyl (C=O) groups excluding carboxylic acids is 1. The standard InChI is InChI=1S/C16H22BrNO/c1-12-5-3-4-6-15(12)18(2)11-16(19)13-7-9-14(17)10-8-13/h7-10,12,15H,3-6,11H2,1-2H3. The van der Waals surface area contributed by atoms with Crippen LogP contribution in [0.1, 0.15) is 43.0 Å². The molecule has 0 amide bonds. The van der Waals surface area contributed by atoms with Crippen LogP contribution in [0.2, 0.25) is 0 Å². The molecule has 1 saturated carbocycles. The number of hydrogen-bond acceptors (Lipinski definition) is 2. The fourth-order valence-electron chi connectivity index (χ4n) is 3.02. The van der Waals surface area contributed by atoms with Gasteiger partial charge in [-0.3, -0.25) is 9.69 Å². The lowest BCUT2D eigenvalue weighted by Gasteiger charge is -2.35. The fourth-order valence-corrected chi connectivity index (χ4v) is 3.29. The third-order valence-electron chi connectivity index (χ3n) is 4.19. The molecule has 3 heteroatoms. The van der Waals surface area contributed by atoms with Gasteiger partial charge in [0.15, 0.2) is 5.78 Å². The minimum Gasteiger partial charge on any atom is -0.296 e. The summed E-state index contributed by atoms with van der Waals surface area (Å²) in [6.07, 6.45) is 5.16. The van der Waals surface area contributed by atoms with Gasteiger partial charge in [-0.25, -0.2) is 0 Å². The van der Waals surface area contributed by atoms with Crippen molar-refractivity contribution < 1.29 is 4.79 Å². The van der Waals surface area contributed by atoms with Gasteiger partial charge >= 0.3 is 0 Å². The maximum Gasteiger partial charge on any atom is 0.176 e. The predicted octanol–water partition coefficient (Wildman–Crippen LogP) is 4.14. The Morgan fingerprint density at radius 2 is 1.89 bits per heavy atom. The Hall–Kier alpha value is -0.670. The van der Waals surface area contributed by atoms with E-state index in [2.05, 4.69) is 34.8 Å². The van der Waals surface area contributed by atoms with Crippen molar-refractivity contribution in [3.8, 4) is 0 Å². The quantitative estimate of drug-likeness (QED) is 0.776. The van der Waals surface area contributed by atoms with E-state index in [1.54, 1.807) is 0 Å². The minimum absolute atomic E-state index is 0.216. The molecule has 1 aromatic rings. The van der Waals surface area contributed by atoms with Crippen molar-refractivity contribution in [1.82, 2.24) is 4.90 Å². The number of halogens is 1. The van der Waals surface area contributed by atoms with Crippen molar-refractivity contribution >= 4 is 21.7 Å². The van der Waals surface area contributed by atoms with Crippen LogP contribution in [0.4, 0.5) is 0 Å². The lowest BCUT2D eigenvalue weighted by Crippen LogP contribution is -2.41. The molecular formula is C16H22BrNO. The van der Waals surface area contributed by atoms with Crippen LogP contribution in [0, 0.1) is 5.92 Å². The topological polar surface area (TPSA) is 20.3 Å². The molecule has 0 aliphatic heterocycles. The van der Waals surface area contributed by atoms with Crippen LogP contribution in [0.5, 0.6) is 0 Å². The zero-order valence-electron chi connectivity index (χ0n) is 11.7. The Labute approximate surface area is 124 Å². The van der Waals surface area contributed by atoms with Crippen molar-refractivity contribution in [3.05, 3.63) is 34.3 Å². The van der Waals surface area contributed by atoms with Crippen LogP contribution < -0.4 is 0 Å². The average molecular weight is 324 g/mol. The van der Waals surface area contributed by atoms with Crippen LogP contribution in [0.3, 0.4) is 0 Å². The van der Waals surface area contributed by atoms with Gasteiger partial charge < -0.3 is 0 Å². The third-order valence-corrected chi connectivity index (χ3v) is 4.72. The second-order valence-electron chi connectivity index (χ2n) is 5.67. The third kappa shape index (κ3) is 3.90. The fraction of sp³-hybridized carbons (Fsp3) is 0.562. The Morgan fingerprint density at radius 1 is 1.26 bits per heavy atom. The predicted molar refractivity (Wildman–Crippen MR) is 82.5 cm³/mol. The molecule has 1 aromatic carbocycles. The smallest absolute Gasteiger partial charge is 0.176 e. The molecule has 0 aromatic heterocycles. The summed E-state index contributed by atoms with van der Waals surface area (Å²) in [6, 6.07) is 8.20. The number of benzene rings is 1. The number of likely N-dealkylation sites (N-methyl/N-ethyl adjacent to an activating group) is 1. The molecule has 2 atom stereocenters. The van der Waals surface area contributed by atoms with Crippen molar-refractivity contribution in [3.63, 3.8) is 0 Å². The number of Topliss-reactive ketones (excluding diaryl/α,β-unsaturated/α-hetero) is 1. The average Bonchev–Trinajstić information content (AvgIpc) is 2.39. The molecule has 2 rings (SSSR count). The molecule has 0 radical (unpaired) electrons. The number of rotatable bonds is 4. The van der Waals surface area contributed by atoms with E-state index < -0.39 is 0 Å². The summed E-state index contributed by atoms with van der Waals surface area (Å²) in [6.45, 7) is 2.83. The molecule has 0 N–H and O–H groups in total. The van der Waals surface area contributed by atoms with Gasteiger partial charge in [0.1, 0.15) is 0 Å². The van der Waals surface area contributed by atoms with Crippen LogP contribution in [0.15, 0.2) is 28.7 Å².